The van der Waals surface area contributed by atoms with Gasteiger partial charge in [0.15, 0.2) is 0 Å². The van der Waals surface area contributed by atoms with Crippen LogP contribution in [0.4, 0.5) is 0 Å². The van der Waals surface area contributed by atoms with Crippen LogP contribution in [0.15, 0.2) is 0 Å². The molecule has 0 amide bonds. The van der Waals surface area contributed by atoms with E-state index in [0.717, 1.165) is 19.5 Å². The number of likely N-dealkylation sites (tertiary alicyclic amines) is 1. The molecule has 0 aromatic carbocycles. The molecule has 3 aliphatic rings. The number of carboxylic acid groups (broad SMARTS) is 1. The zero-order valence-corrected chi connectivity index (χ0v) is 10.3. The van der Waals surface area contributed by atoms with Gasteiger partial charge < -0.3 is 10.4 Å². The Balaban J connectivity index is 1.61. The Kier molecular flexibility index (Phi) is 3.09. The Bertz CT molecular complexity index is 300. The highest BCUT2D eigenvalue weighted by atomic mass is 16.4. The van der Waals surface area contributed by atoms with Crippen molar-refractivity contribution < 1.29 is 9.90 Å². The normalized spacial score (nSPS) is 35.5. The Hall–Kier alpha value is -0.610. The van der Waals surface area contributed by atoms with E-state index in [0.29, 0.717) is 18.1 Å². The second kappa shape index (κ2) is 4.58. The maximum Gasteiger partial charge on any atom is 0.307 e. The van der Waals surface area contributed by atoms with E-state index in [4.69, 9.17) is 0 Å². The summed E-state index contributed by atoms with van der Waals surface area (Å²) in [5.74, 6) is -0.780. The summed E-state index contributed by atoms with van der Waals surface area (Å²) in [5, 5.41) is 12.8. The van der Waals surface area contributed by atoms with Crippen LogP contribution in [0.1, 0.15) is 38.5 Å². The van der Waals surface area contributed by atoms with Crippen LogP contribution < -0.4 is 5.32 Å². The predicted molar refractivity (Wildman–Crippen MR) is 64.9 cm³/mol. The van der Waals surface area contributed by atoms with Crippen LogP contribution >= 0.6 is 0 Å². The molecule has 2 saturated carbocycles. The summed E-state index contributed by atoms with van der Waals surface area (Å²) >= 11 is 0. The van der Waals surface area contributed by atoms with Gasteiger partial charge in [0.25, 0.3) is 0 Å². The minimum absolute atomic E-state index is 0.166. The maximum atomic E-state index is 11.2. The number of piperidine rings is 1. The van der Waals surface area contributed by atoms with Crippen LogP contribution in [0.2, 0.25) is 0 Å². The molecule has 3 rings (SSSR count). The molecule has 2 aliphatic carbocycles. The van der Waals surface area contributed by atoms with Crippen LogP contribution in [0.25, 0.3) is 0 Å². The maximum absolute atomic E-state index is 11.2. The molecule has 1 heterocycles. The summed E-state index contributed by atoms with van der Waals surface area (Å²) in [7, 11) is 0. The molecule has 0 spiro atoms. The summed E-state index contributed by atoms with van der Waals surface area (Å²) in [6.45, 7) is 1.83. The predicted octanol–water partition coefficient (Wildman–Crippen LogP) is 1.07. The monoisotopic (exact) mass is 238 g/mol. The lowest BCUT2D eigenvalue weighted by molar-refractivity contribution is -0.144. The van der Waals surface area contributed by atoms with Gasteiger partial charge in [0.05, 0.1) is 5.92 Å². The van der Waals surface area contributed by atoms with Gasteiger partial charge in [0.1, 0.15) is 0 Å². The molecule has 0 aromatic heterocycles. The lowest BCUT2D eigenvalue weighted by Crippen LogP contribution is -2.55. The molecule has 0 bridgehead atoms. The SMILES string of the molecule is O=C(O)C1CC(NC2CC2)CN(C2CCC2)C1. The van der Waals surface area contributed by atoms with Crippen molar-refractivity contribution in [1.29, 1.82) is 0 Å². The zero-order valence-electron chi connectivity index (χ0n) is 10.3. The van der Waals surface area contributed by atoms with Crippen molar-refractivity contribution in [2.45, 2.75) is 56.7 Å². The van der Waals surface area contributed by atoms with Crippen molar-refractivity contribution in [3.05, 3.63) is 0 Å². The average Bonchev–Trinajstić information content (AvgIpc) is 2.98. The third-order valence-electron chi connectivity index (χ3n) is 4.47. The first-order valence-electron chi connectivity index (χ1n) is 6.95. The quantitative estimate of drug-likeness (QED) is 0.769. The topological polar surface area (TPSA) is 52.6 Å². The number of hydrogen-bond donors (Lipinski definition) is 2. The van der Waals surface area contributed by atoms with Crippen molar-refractivity contribution in [3.8, 4) is 0 Å². The molecular formula is C13H22N2O2. The van der Waals surface area contributed by atoms with Gasteiger partial charge >= 0.3 is 5.97 Å². The zero-order chi connectivity index (χ0) is 11.8. The fourth-order valence-corrected chi connectivity index (χ4v) is 3.07. The van der Waals surface area contributed by atoms with Crippen molar-refractivity contribution in [2.24, 2.45) is 5.92 Å². The number of rotatable bonds is 4. The van der Waals surface area contributed by atoms with Gasteiger partial charge in [-0.25, -0.2) is 0 Å². The van der Waals surface area contributed by atoms with Gasteiger partial charge in [-0.3, -0.25) is 9.69 Å². The van der Waals surface area contributed by atoms with Crippen LogP contribution in [0.5, 0.6) is 0 Å². The van der Waals surface area contributed by atoms with E-state index in [9.17, 15) is 9.90 Å². The molecule has 1 aliphatic heterocycles. The van der Waals surface area contributed by atoms with Gasteiger partial charge in [-0.1, -0.05) is 6.42 Å². The van der Waals surface area contributed by atoms with Crippen molar-refractivity contribution in [2.75, 3.05) is 13.1 Å². The van der Waals surface area contributed by atoms with Gasteiger partial charge in [0, 0.05) is 31.2 Å². The second-order valence-electron chi connectivity index (χ2n) is 5.95. The van der Waals surface area contributed by atoms with E-state index in [-0.39, 0.29) is 5.92 Å². The molecule has 0 radical (unpaired) electrons. The first-order valence-corrected chi connectivity index (χ1v) is 6.95. The highest BCUT2D eigenvalue weighted by Crippen LogP contribution is 2.30. The fraction of sp³-hybridized carbons (Fsp3) is 0.923. The number of carbonyl (C=O) groups is 1. The third kappa shape index (κ3) is 2.63. The number of aliphatic carboxylic acids is 1. The smallest absolute Gasteiger partial charge is 0.307 e. The number of carboxylic acids is 1. The lowest BCUT2D eigenvalue weighted by Gasteiger charge is -2.44. The molecule has 1 saturated heterocycles. The van der Waals surface area contributed by atoms with Crippen LogP contribution in [-0.2, 0) is 4.79 Å². The summed E-state index contributed by atoms with van der Waals surface area (Å²) in [6, 6.07) is 1.74. The lowest BCUT2D eigenvalue weighted by atomic mass is 9.86. The van der Waals surface area contributed by atoms with Gasteiger partial charge in [-0.05, 0) is 32.1 Å². The standard InChI is InChI=1S/C13H22N2O2/c16-13(17)9-6-11(14-10-4-5-10)8-15(7-9)12-2-1-3-12/h9-12,14H,1-8H2,(H,16,17). The summed E-state index contributed by atoms with van der Waals surface area (Å²) in [4.78, 5) is 13.6. The minimum Gasteiger partial charge on any atom is -0.481 e. The highest BCUT2D eigenvalue weighted by molar-refractivity contribution is 5.70. The van der Waals surface area contributed by atoms with Crippen LogP contribution in [0, 0.1) is 5.92 Å². The van der Waals surface area contributed by atoms with Crippen LogP contribution in [0.3, 0.4) is 0 Å². The third-order valence-corrected chi connectivity index (χ3v) is 4.47. The summed E-state index contributed by atoms with van der Waals surface area (Å²) in [5.41, 5.74) is 0. The molecule has 4 heteroatoms. The summed E-state index contributed by atoms with van der Waals surface area (Å²) in [6.07, 6.45) is 7.22. The second-order valence-corrected chi connectivity index (χ2v) is 5.95. The molecule has 96 valence electrons. The van der Waals surface area contributed by atoms with E-state index >= 15 is 0 Å². The molecule has 2 N–H and O–H groups in total. The fourth-order valence-electron chi connectivity index (χ4n) is 3.07. The Morgan fingerprint density at radius 1 is 1.12 bits per heavy atom. The van der Waals surface area contributed by atoms with Crippen LogP contribution in [-0.4, -0.2) is 47.2 Å². The first kappa shape index (κ1) is 11.5. The molecular weight excluding hydrogens is 216 g/mol. The molecule has 2 atom stereocenters. The van der Waals surface area contributed by atoms with E-state index < -0.39 is 5.97 Å². The summed E-state index contributed by atoms with van der Waals surface area (Å²) < 4.78 is 0. The van der Waals surface area contributed by atoms with E-state index in [1.165, 1.54) is 32.1 Å². The highest BCUT2D eigenvalue weighted by Gasteiger charge is 2.38. The minimum atomic E-state index is -0.614. The first-order chi connectivity index (χ1) is 8.22. The molecule has 2 unspecified atom stereocenters. The van der Waals surface area contributed by atoms with E-state index in [1.807, 2.05) is 0 Å². The largest absolute Gasteiger partial charge is 0.481 e. The molecule has 17 heavy (non-hydrogen) atoms. The van der Waals surface area contributed by atoms with Crippen molar-refractivity contribution in [3.63, 3.8) is 0 Å². The van der Waals surface area contributed by atoms with Gasteiger partial charge in [-0.2, -0.15) is 0 Å². The Labute approximate surface area is 102 Å². The Morgan fingerprint density at radius 3 is 2.41 bits per heavy atom. The average molecular weight is 238 g/mol. The van der Waals surface area contributed by atoms with Gasteiger partial charge in [-0.15, -0.1) is 0 Å². The number of nitrogens with one attached hydrogen (secondary N) is 1. The number of hydrogen-bond acceptors (Lipinski definition) is 3. The molecule has 4 nitrogen and oxygen atoms in total. The van der Waals surface area contributed by atoms with E-state index in [1.54, 1.807) is 0 Å². The van der Waals surface area contributed by atoms with Crippen molar-refractivity contribution >= 4 is 5.97 Å². The Morgan fingerprint density at radius 2 is 1.88 bits per heavy atom. The molecule has 3 fully saturated rings. The number of nitrogens with zero attached hydrogens (tertiary/aromatic N) is 1. The van der Waals surface area contributed by atoms with Gasteiger partial charge in [0.2, 0.25) is 0 Å². The van der Waals surface area contributed by atoms with Crippen molar-refractivity contribution in [1.82, 2.24) is 10.2 Å². The van der Waals surface area contributed by atoms with E-state index in [2.05, 4.69) is 10.2 Å². The molecule has 0 aromatic rings.